The van der Waals surface area contributed by atoms with Crippen molar-refractivity contribution in [2.75, 3.05) is 59.7 Å². The van der Waals surface area contributed by atoms with E-state index in [2.05, 4.69) is 21.5 Å². The Labute approximate surface area is 154 Å². The number of hydrogen-bond acceptors (Lipinski definition) is 6. The lowest BCUT2D eigenvalue weighted by molar-refractivity contribution is 0.0334. The van der Waals surface area contributed by atoms with Crippen LogP contribution >= 0.6 is 0 Å². The molecular weight excluding hydrogens is 337 g/mol. The van der Waals surface area contributed by atoms with Crippen LogP contribution < -0.4 is 10.2 Å². The van der Waals surface area contributed by atoms with Crippen molar-refractivity contribution in [3.05, 3.63) is 41.9 Å². The Morgan fingerprint density at radius 3 is 2.69 bits per heavy atom. The van der Waals surface area contributed by atoms with Crippen LogP contribution in [0, 0.1) is 5.82 Å². The summed E-state index contributed by atoms with van der Waals surface area (Å²) in [5, 5.41) is 2.14. The molecule has 0 aromatic heterocycles. The van der Waals surface area contributed by atoms with E-state index >= 15 is 0 Å². The van der Waals surface area contributed by atoms with Crippen molar-refractivity contribution >= 4 is 0 Å². The summed E-state index contributed by atoms with van der Waals surface area (Å²) in [4.78, 5) is 2.41. The van der Waals surface area contributed by atoms with Crippen LogP contribution in [0.25, 0.3) is 0 Å². The first kappa shape index (κ1) is 19.1. The minimum absolute atomic E-state index is 0.195. The Hall–Kier alpha value is -1.67. The van der Waals surface area contributed by atoms with Crippen LogP contribution in [0.3, 0.4) is 0 Å². The molecule has 2 aliphatic heterocycles. The second kappa shape index (κ2) is 9.87. The third-order valence-electron chi connectivity index (χ3n) is 4.68. The standard InChI is InChI=1S/C19H28FN3O3/c1-24-11-6-19-16(15-26-18-4-2-17(20)3-5-18)14-23(21-19)8-7-22-9-12-25-13-10-22/h2-5,14,19,21H,6-13,15H2,1H3. The Morgan fingerprint density at radius 1 is 1.19 bits per heavy atom. The highest BCUT2D eigenvalue weighted by molar-refractivity contribution is 5.24. The summed E-state index contributed by atoms with van der Waals surface area (Å²) >= 11 is 0. The molecule has 2 aliphatic rings. The van der Waals surface area contributed by atoms with Crippen molar-refractivity contribution in [2.45, 2.75) is 12.5 Å². The van der Waals surface area contributed by atoms with Crippen molar-refractivity contribution in [2.24, 2.45) is 0 Å². The van der Waals surface area contributed by atoms with E-state index in [0.29, 0.717) is 19.0 Å². The van der Waals surface area contributed by atoms with Gasteiger partial charge in [0.05, 0.1) is 19.3 Å². The maximum Gasteiger partial charge on any atom is 0.123 e. The van der Waals surface area contributed by atoms with Gasteiger partial charge in [-0.2, -0.15) is 0 Å². The van der Waals surface area contributed by atoms with Crippen molar-refractivity contribution in [1.82, 2.24) is 15.3 Å². The number of nitrogens with one attached hydrogen (secondary N) is 1. The van der Waals surface area contributed by atoms with Gasteiger partial charge in [-0.25, -0.2) is 9.82 Å². The van der Waals surface area contributed by atoms with Gasteiger partial charge in [-0.1, -0.05) is 0 Å². The molecule has 1 atom stereocenters. The van der Waals surface area contributed by atoms with E-state index in [-0.39, 0.29) is 11.9 Å². The number of benzene rings is 1. The molecule has 0 bridgehead atoms. The van der Waals surface area contributed by atoms with Crippen LogP contribution in [0.1, 0.15) is 6.42 Å². The Balaban J connectivity index is 1.52. The van der Waals surface area contributed by atoms with Gasteiger partial charge in [0.25, 0.3) is 0 Å². The highest BCUT2D eigenvalue weighted by Gasteiger charge is 2.24. The first-order valence-corrected chi connectivity index (χ1v) is 9.15. The zero-order valence-corrected chi connectivity index (χ0v) is 15.3. The predicted octanol–water partition coefficient (Wildman–Crippen LogP) is 1.65. The van der Waals surface area contributed by atoms with Gasteiger partial charge in [0.1, 0.15) is 18.2 Å². The molecule has 0 amide bonds. The second-order valence-electron chi connectivity index (χ2n) is 6.56. The normalized spacial score (nSPS) is 21.1. The van der Waals surface area contributed by atoms with E-state index in [1.54, 1.807) is 19.2 Å². The van der Waals surface area contributed by atoms with Gasteiger partial charge >= 0.3 is 0 Å². The molecule has 6 nitrogen and oxygen atoms in total. The van der Waals surface area contributed by atoms with Gasteiger partial charge in [-0.05, 0) is 30.7 Å². The number of halogens is 1. The van der Waals surface area contributed by atoms with E-state index in [0.717, 1.165) is 45.8 Å². The van der Waals surface area contributed by atoms with E-state index in [9.17, 15) is 4.39 Å². The molecule has 1 unspecified atom stereocenters. The van der Waals surface area contributed by atoms with Crippen LogP contribution in [-0.2, 0) is 9.47 Å². The largest absolute Gasteiger partial charge is 0.489 e. The fourth-order valence-corrected chi connectivity index (χ4v) is 3.13. The van der Waals surface area contributed by atoms with Crippen molar-refractivity contribution in [1.29, 1.82) is 0 Å². The quantitative estimate of drug-likeness (QED) is 0.718. The van der Waals surface area contributed by atoms with E-state index in [1.807, 2.05) is 0 Å². The van der Waals surface area contributed by atoms with Crippen molar-refractivity contribution < 1.29 is 18.6 Å². The van der Waals surface area contributed by atoms with Crippen molar-refractivity contribution in [3.63, 3.8) is 0 Å². The van der Waals surface area contributed by atoms with Gasteiger partial charge < -0.3 is 19.2 Å². The second-order valence-corrected chi connectivity index (χ2v) is 6.56. The molecule has 1 saturated heterocycles. The Morgan fingerprint density at radius 2 is 1.96 bits per heavy atom. The number of ether oxygens (including phenoxy) is 3. The molecule has 1 fully saturated rings. The fraction of sp³-hybridized carbons (Fsp3) is 0.579. The topological polar surface area (TPSA) is 46.2 Å². The number of hydrogen-bond donors (Lipinski definition) is 1. The summed E-state index contributed by atoms with van der Waals surface area (Å²) in [5.41, 5.74) is 4.70. The van der Waals surface area contributed by atoms with E-state index in [4.69, 9.17) is 14.2 Å². The number of methoxy groups -OCH3 is 1. The molecule has 0 spiro atoms. The minimum atomic E-state index is -0.258. The molecular formula is C19H28FN3O3. The number of nitrogens with zero attached hydrogens (tertiary/aromatic N) is 2. The summed E-state index contributed by atoms with van der Waals surface area (Å²) in [6.45, 7) is 6.67. The van der Waals surface area contributed by atoms with Crippen LogP contribution in [0.5, 0.6) is 5.75 Å². The molecule has 0 radical (unpaired) electrons. The zero-order chi connectivity index (χ0) is 18.2. The molecule has 1 aromatic rings. The van der Waals surface area contributed by atoms with Gasteiger partial charge in [-0.15, -0.1) is 0 Å². The molecule has 7 heteroatoms. The summed E-state index contributed by atoms with van der Waals surface area (Å²) in [5.74, 6) is 0.413. The summed E-state index contributed by atoms with van der Waals surface area (Å²) in [7, 11) is 1.71. The molecule has 0 saturated carbocycles. The lowest BCUT2D eigenvalue weighted by Gasteiger charge is -2.29. The number of morpholine rings is 1. The molecule has 144 valence electrons. The van der Waals surface area contributed by atoms with E-state index < -0.39 is 0 Å². The maximum atomic E-state index is 13.0. The third-order valence-corrected chi connectivity index (χ3v) is 4.68. The lowest BCUT2D eigenvalue weighted by atomic mass is 10.1. The number of rotatable bonds is 9. The summed E-state index contributed by atoms with van der Waals surface area (Å²) < 4.78 is 29.5. The summed E-state index contributed by atoms with van der Waals surface area (Å²) in [6.07, 6.45) is 3.01. The molecule has 0 aliphatic carbocycles. The van der Waals surface area contributed by atoms with E-state index in [1.165, 1.54) is 17.7 Å². The van der Waals surface area contributed by atoms with Gasteiger partial charge in [-0.3, -0.25) is 4.90 Å². The average Bonchev–Trinajstić information content (AvgIpc) is 3.07. The lowest BCUT2D eigenvalue weighted by Crippen LogP contribution is -2.44. The van der Waals surface area contributed by atoms with Gasteiger partial charge in [0.2, 0.25) is 0 Å². The average molecular weight is 365 g/mol. The SMILES string of the molecule is COCCC1NN(CCN2CCOCC2)C=C1COc1ccc(F)cc1. The van der Waals surface area contributed by atoms with Crippen LogP contribution in [0.2, 0.25) is 0 Å². The maximum absolute atomic E-state index is 13.0. The predicted molar refractivity (Wildman–Crippen MR) is 97.4 cm³/mol. The monoisotopic (exact) mass is 365 g/mol. The molecule has 3 rings (SSSR count). The Kier molecular flexibility index (Phi) is 7.25. The summed E-state index contributed by atoms with van der Waals surface area (Å²) in [6, 6.07) is 6.32. The minimum Gasteiger partial charge on any atom is -0.489 e. The van der Waals surface area contributed by atoms with Crippen LogP contribution in [-0.4, -0.2) is 75.7 Å². The third kappa shape index (κ3) is 5.67. The van der Waals surface area contributed by atoms with Gasteiger partial charge in [0, 0.05) is 51.7 Å². The molecule has 1 aromatic carbocycles. The smallest absolute Gasteiger partial charge is 0.123 e. The molecule has 1 N–H and O–H groups in total. The first-order chi connectivity index (χ1) is 12.7. The van der Waals surface area contributed by atoms with Crippen molar-refractivity contribution in [3.8, 4) is 5.75 Å². The van der Waals surface area contributed by atoms with Crippen LogP contribution in [0.15, 0.2) is 36.0 Å². The fourth-order valence-electron chi connectivity index (χ4n) is 3.13. The van der Waals surface area contributed by atoms with Gasteiger partial charge in [0.15, 0.2) is 0 Å². The zero-order valence-electron chi connectivity index (χ0n) is 15.3. The highest BCUT2D eigenvalue weighted by atomic mass is 19.1. The molecule has 2 heterocycles. The van der Waals surface area contributed by atoms with Crippen LogP contribution in [0.4, 0.5) is 4.39 Å². The first-order valence-electron chi connectivity index (χ1n) is 9.15. The Bertz CT molecular complexity index is 576. The molecule has 26 heavy (non-hydrogen) atoms. The highest BCUT2D eigenvalue weighted by Crippen LogP contribution is 2.19. The number of hydrazine groups is 1.